The van der Waals surface area contributed by atoms with E-state index in [4.69, 9.17) is 14.7 Å². The molecule has 12 rings (SSSR count). The summed E-state index contributed by atoms with van der Waals surface area (Å²) in [7, 11) is 1.95. The van der Waals surface area contributed by atoms with Crippen LogP contribution in [0, 0.1) is 11.7 Å². The Hall–Kier alpha value is -7.48. The summed E-state index contributed by atoms with van der Waals surface area (Å²) in [4.78, 5) is 51.1. The molecule has 5 fully saturated rings. The van der Waals surface area contributed by atoms with Crippen molar-refractivity contribution in [2.45, 2.75) is 102 Å². The molecule has 5 aliphatic rings. The Balaban J connectivity index is 0.718. The first-order valence-electron chi connectivity index (χ1n) is 27.6. The third kappa shape index (κ3) is 9.48. The summed E-state index contributed by atoms with van der Waals surface area (Å²) in [5.74, 6) is -0.188. The fourth-order valence-corrected chi connectivity index (χ4v) is 13.1. The fraction of sp³-hybridized carbons (Fsp3) is 0.441. The lowest BCUT2D eigenvalue weighted by Crippen LogP contribution is -2.51. The lowest BCUT2D eigenvalue weighted by atomic mass is 9.91. The van der Waals surface area contributed by atoms with Crippen molar-refractivity contribution < 1.29 is 34.0 Å². The average Bonchev–Trinajstić information content (AvgIpc) is 4.37. The summed E-state index contributed by atoms with van der Waals surface area (Å²) in [5, 5.41) is 49.4. The highest BCUT2D eigenvalue weighted by Gasteiger charge is 2.51. The standard InChI is InChI=1S/C59H67FN12O6/c1-5-61-56(76)55-67-66-54(46-25-44(34(2)3)48(74)26-49(46)75)72(55)40-15-11-35(12-16-40)29-69-21-17-36(18-22-69)57(77)68(4)41-27-59(19-8-20-71(59)32-41)33-78-58-64-52-47(53(65-58)70-30-38-13-14-39(31-70)63-38)28-62-51(50(52)60)45-24-42(73)23-37-9-6-7-10-43(37)45/h6-7,9-12,15-16,23-26,28,34,36,38-39,41,63,73-75H,5,8,13-14,17-22,27,29-33H2,1-4H3,(H,61,76)/t38?,39?,41-,59+/m1/s1. The maximum Gasteiger partial charge on any atom is 0.319 e. The SMILES string of the molecule is CCNC(=O)c1nnc(-c2cc(C(C)C)c(O)cc2O)n1-c1ccc(CN2CCC(C(=O)N(C)[C@H]3CN4CCC[C@@]4(COc4nc(N5CC6CCC(C5)N6)c5cnc(-c6cc(O)cc7ccccc67)c(F)c5n4)C3)CC2)cc1. The van der Waals surface area contributed by atoms with Gasteiger partial charge in [-0.3, -0.25) is 28.9 Å². The molecule has 19 heteroatoms. The third-order valence-corrected chi connectivity index (χ3v) is 17.2. The predicted octanol–water partition coefficient (Wildman–Crippen LogP) is 7.52. The molecule has 4 atom stereocenters. The smallest absolute Gasteiger partial charge is 0.319 e. The summed E-state index contributed by atoms with van der Waals surface area (Å²) in [6.07, 6.45) is 7.93. The summed E-state index contributed by atoms with van der Waals surface area (Å²) in [6.45, 7) is 11.7. The molecule has 3 aromatic heterocycles. The molecule has 5 aliphatic heterocycles. The van der Waals surface area contributed by atoms with Crippen LogP contribution in [0.1, 0.15) is 93.4 Å². The number of likely N-dealkylation sites (tertiary alicyclic amines) is 1. The molecule has 2 amide bonds. The molecule has 406 valence electrons. The van der Waals surface area contributed by atoms with E-state index in [-0.39, 0.29) is 75.4 Å². The minimum absolute atomic E-state index is 0.000538. The number of nitrogens with one attached hydrogen (secondary N) is 2. The number of aromatic hydroxyl groups is 3. The van der Waals surface area contributed by atoms with Crippen LogP contribution in [-0.2, 0) is 11.3 Å². The van der Waals surface area contributed by atoms with Crippen molar-refractivity contribution in [1.82, 2.24) is 55.0 Å². The highest BCUT2D eigenvalue weighted by molar-refractivity contribution is 6.00. The minimum atomic E-state index is -0.597. The first kappa shape index (κ1) is 51.3. The molecule has 78 heavy (non-hydrogen) atoms. The second kappa shape index (κ2) is 20.7. The topological polar surface area (TPSA) is 210 Å². The normalized spacial score (nSPS) is 21.7. The summed E-state index contributed by atoms with van der Waals surface area (Å²) in [6, 6.07) is 22.3. The number of pyridine rings is 1. The van der Waals surface area contributed by atoms with E-state index in [9.17, 15) is 24.9 Å². The Kier molecular flexibility index (Phi) is 13.6. The molecule has 2 bridgehead atoms. The van der Waals surface area contributed by atoms with Gasteiger partial charge in [0.05, 0.1) is 16.5 Å². The number of anilines is 1. The number of benzene rings is 4. The first-order valence-corrected chi connectivity index (χ1v) is 27.6. The van der Waals surface area contributed by atoms with E-state index in [1.165, 1.54) is 6.07 Å². The zero-order valence-electron chi connectivity index (χ0n) is 44.6. The third-order valence-electron chi connectivity index (χ3n) is 17.2. The van der Waals surface area contributed by atoms with Crippen LogP contribution in [-0.4, -0.2) is 155 Å². The van der Waals surface area contributed by atoms with Crippen molar-refractivity contribution in [3.05, 3.63) is 102 Å². The van der Waals surface area contributed by atoms with Crippen LogP contribution in [0.4, 0.5) is 10.2 Å². The van der Waals surface area contributed by atoms with Crippen molar-refractivity contribution in [2.24, 2.45) is 5.92 Å². The van der Waals surface area contributed by atoms with Gasteiger partial charge in [-0.05, 0) is 130 Å². The van der Waals surface area contributed by atoms with Crippen LogP contribution >= 0.6 is 0 Å². The summed E-state index contributed by atoms with van der Waals surface area (Å²) in [5.41, 5.74) is 3.05. The van der Waals surface area contributed by atoms with Crippen LogP contribution in [0.3, 0.4) is 0 Å². The van der Waals surface area contributed by atoms with Crippen molar-refractivity contribution in [3.8, 4) is 51.6 Å². The van der Waals surface area contributed by atoms with E-state index in [2.05, 4.69) is 40.5 Å². The van der Waals surface area contributed by atoms with Crippen LogP contribution in [0.15, 0.2) is 79.0 Å². The molecule has 0 saturated carbocycles. The maximum absolute atomic E-state index is 17.2. The molecule has 5 N–H and O–H groups in total. The molecule has 7 aromatic rings. The quantitative estimate of drug-likeness (QED) is 0.0714. The number of phenolic OH excluding ortho intramolecular Hbond substituents is 3. The molecule has 5 saturated heterocycles. The van der Waals surface area contributed by atoms with Crippen molar-refractivity contribution in [3.63, 3.8) is 0 Å². The largest absolute Gasteiger partial charge is 0.508 e. The first-order chi connectivity index (χ1) is 37.7. The van der Waals surface area contributed by atoms with Crippen molar-refractivity contribution in [2.75, 3.05) is 64.4 Å². The Morgan fingerprint density at radius 2 is 1.67 bits per heavy atom. The molecule has 0 aliphatic carbocycles. The van der Waals surface area contributed by atoms with Gasteiger partial charge in [-0.25, -0.2) is 4.39 Å². The van der Waals surface area contributed by atoms with Gasteiger partial charge in [0, 0.05) is 87.3 Å². The number of piperidine rings is 1. The number of carbonyl (C=O) groups is 2. The highest BCUT2D eigenvalue weighted by atomic mass is 19.1. The number of rotatable bonds is 14. The molecule has 2 unspecified atom stereocenters. The monoisotopic (exact) mass is 1060 g/mol. The Morgan fingerprint density at radius 3 is 2.42 bits per heavy atom. The van der Waals surface area contributed by atoms with Crippen LogP contribution < -0.4 is 20.3 Å². The van der Waals surface area contributed by atoms with E-state index in [0.29, 0.717) is 65.4 Å². The molecule has 4 aromatic carbocycles. The van der Waals surface area contributed by atoms with Crippen LogP contribution in [0.5, 0.6) is 23.3 Å². The number of ether oxygens (including phenoxy) is 1. The second-order valence-corrected chi connectivity index (χ2v) is 22.5. The lowest BCUT2D eigenvalue weighted by molar-refractivity contribution is -0.137. The number of halogens is 1. The Labute approximate surface area is 452 Å². The van der Waals surface area contributed by atoms with Gasteiger partial charge < -0.3 is 40.5 Å². The highest BCUT2D eigenvalue weighted by Crippen LogP contribution is 2.43. The molecular formula is C59H67FN12O6. The number of phenols is 3. The molecule has 8 heterocycles. The van der Waals surface area contributed by atoms with Gasteiger partial charge in [-0.1, -0.05) is 50.2 Å². The van der Waals surface area contributed by atoms with E-state index in [1.807, 2.05) is 81.2 Å². The molecule has 0 radical (unpaired) electrons. The van der Waals surface area contributed by atoms with Crippen LogP contribution in [0.2, 0.25) is 0 Å². The van der Waals surface area contributed by atoms with Crippen molar-refractivity contribution in [1.29, 1.82) is 0 Å². The average molecular weight is 1060 g/mol. The number of fused-ring (bicyclic) bond motifs is 5. The zero-order chi connectivity index (χ0) is 54.0. The van der Waals surface area contributed by atoms with Crippen LogP contribution in [0.25, 0.3) is 50.0 Å². The van der Waals surface area contributed by atoms with Gasteiger partial charge >= 0.3 is 6.01 Å². The molecular weight excluding hydrogens is 992 g/mol. The number of nitrogens with zero attached hydrogens (tertiary/aromatic N) is 10. The van der Waals surface area contributed by atoms with Crippen molar-refractivity contribution >= 4 is 39.3 Å². The number of hydrogen-bond acceptors (Lipinski definition) is 15. The number of piperazine rings is 1. The molecule has 18 nitrogen and oxygen atoms in total. The number of hydrogen-bond donors (Lipinski definition) is 5. The van der Waals surface area contributed by atoms with Gasteiger partial charge in [0.15, 0.2) is 11.6 Å². The van der Waals surface area contributed by atoms with E-state index in [0.717, 1.165) is 101 Å². The second-order valence-electron chi connectivity index (χ2n) is 22.5. The van der Waals surface area contributed by atoms with E-state index in [1.54, 1.807) is 29.0 Å². The summed E-state index contributed by atoms with van der Waals surface area (Å²) < 4.78 is 25.5. The zero-order valence-corrected chi connectivity index (χ0v) is 44.6. The van der Waals surface area contributed by atoms with E-state index < -0.39 is 11.7 Å². The van der Waals surface area contributed by atoms with Gasteiger partial charge in [0.2, 0.25) is 11.7 Å². The summed E-state index contributed by atoms with van der Waals surface area (Å²) >= 11 is 0. The Bertz CT molecular complexity index is 3430. The predicted molar refractivity (Wildman–Crippen MR) is 294 cm³/mol. The lowest BCUT2D eigenvalue weighted by Gasteiger charge is -2.35. The van der Waals surface area contributed by atoms with E-state index >= 15 is 4.39 Å². The Morgan fingerprint density at radius 1 is 0.897 bits per heavy atom. The maximum atomic E-state index is 17.2. The van der Waals surface area contributed by atoms with Gasteiger partial charge in [-0.2, -0.15) is 9.97 Å². The number of likely N-dealkylation sites (N-methyl/N-ethyl adjacent to an activating group) is 1. The molecule has 0 spiro atoms. The number of carbonyl (C=O) groups excluding carboxylic acids is 2. The van der Waals surface area contributed by atoms with Gasteiger partial charge in [-0.15, -0.1) is 10.2 Å². The van der Waals surface area contributed by atoms with Gasteiger partial charge in [0.1, 0.15) is 40.9 Å². The number of aromatic nitrogens is 6. The van der Waals surface area contributed by atoms with Gasteiger partial charge in [0.25, 0.3) is 5.91 Å². The fourth-order valence-electron chi connectivity index (χ4n) is 13.1. The number of amides is 2. The minimum Gasteiger partial charge on any atom is -0.508 e.